The predicted molar refractivity (Wildman–Crippen MR) is 64.1 cm³/mol. The van der Waals surface area contributed by atoms with Gasteiger partial charge in [-0.15, -0.1) is 0 Å². The largest absolute Gasteiger partial charge is 0.477 e. The summed E-state index contributed by atoms with van der Waals surface area (Å²) in [5, 5.41) is 11.7. The van der Waals surface area contributed by atoms with Gasteiger partial charge in [-0.2, -0.15) is 0 Å². The topological polar surface area (TPSA) is 88.5 Å². The second-order valence-corrected chi connectivity index (χ2v) is 3.67. The lowest BCUT2D eigenvalue weighted by Gasteiger charge is -2.12. The maximum atomic E-state index is 11.3. The van der Waals surface area contributed by atoms with Gasteiger partial charge in [0.05, 0.1) is 12.3 Å². The Morgan fingerprint density at radius 3 is 2.83 bits per heavy atom. The van der Waals surface area contributed by atoms with Crippen LogP contribution in [0.5, 0.6) is 0 Å². The summed E-state index contributed by atoms with van der Waals surface area (Å²) >= 11 is 0. The van der Waals surface area contributed by atoms with E-state index >= 15 is 0 Å². The molecule has 0 radical (unpaired) electrons. The molecule has 1 heterocycles. The summed E-state index contributed by atoms with van der Waals surface area (Å²) in [6, 6.07) is 4.26. The number of nitrogens with one attached hydrogen (secondary N) is 1. The Bertz CT molecular complexity index is 434. The van der Waals surface area contributed by atoms with E-state index in [1.54, 1.807) is 26.0 Å². The van der Waals surface area contributed by atoms with Crippen LogP contribution in [0.4, 0.5) is 0 Å². The zero-order chi connectivity index (χ0) is 13.5. The summed E-state index contributed by atoms with van der Waals surface area (Å²) in [5.74, 6) is -1.41. The van der Waals surface area contributed by atoms with E-state index in [1.165, 1.54) is 6.07 Å². The van der Waals surface area contributed by atoms with Crippen molar-refractivity contribution in [2.24, 2.45) is 0 Å². The van der Waals surface area contributed by atoms with E-state index in [4.69, 9.17) is 9.84 Å². The molecule has 1 aromatic heterocycles. The van der Waals surface area contributed by atoms with Crippen LogP contribution in [0.25, 0.3) is 0 Å². The molecule has 0 aliphatic rings. The monoisotopic (exact) mass is 252 g/mol. The summed E-state index contributed by atoms with van der Waals surface area (Å²) in [6.45, 7) is 4.06. The fourth-order valence-electron chi connectivity index (χ4n) is 1.31. The first kappa shape index (κ1) is 14.1. The molecule has 0 aromatic carbocycles. The van der Waals surface area contributed by atoms with Crippen LogP contribution in [-0.2, 0) is 16.1 Å². The zero-order valence-corrected chi connectivity index (χ0v) is 10.3. The first-order valence-corrected chi connectivity index (χ1v) is 5.63. The molecule has 6 heteroatoms. The van der Waals surface area contributed by atoms with Gasteiger partial charge in [0.15, 0.2) is 0 Å². The molecule has 18 heavy (non-hydrogen) atoms. The van der Waals surface area contributed by atoms with E-state index < -0.39 is 12.0 Å². The van der Waals surface area contributed by atoms with E-state index in [2.05, 4.69) is 10.3 Å². The number of hydrogen-bond acceptors (Lipinski definition) is 5. The Kier molecular flexibility index (Phi) is 5.26. The van der Waals surface area contributed by atoms with Crippen LogP contribution >= 0.6 is 0 Å². The van der Waals surface area contributed by atoms with Crippen molar-refractivity contribution in [3.05, 3.63) is 29.6 Å². The van der Waals surface area contributed by atoms with E-state index in [0.29, 0.717) is 18.8 Å². The molecular weight excluding hydrogens is 236 g/mol. The highest BCUT2D eigenvalue weighted by Crippen LogP contribution is 2.00. The fraction of sp³-hybridized carbons (Fsp3) is 0.417. The third-order valence-electron chi connectivity index (χ3n) is 2.26. The van der Waals surface area contributed by atoms with Gasteiger partial charge in [-0.05, 0) is 26.0 Å². The third kappa shape index (κ3) is 4.14. The average molecular weight is 252 g/mol. The number of nitrogens with zero attached hydrogens (tertiary/aromatic N) is 1. The van der Waals surface area contributed by atoms with Crippen LogP contribution < -0.4 is 5.32 Å². The molecule has 0 spiro atoms. The van der Waals surface area contributed by atoms with Crippen LogP contribution in [0.1, 0.15) is 30.0 Å². The lowest BCUT2D eigenvalue weighted by molar-refractivity contribution is -0.145. The minimum atomic E-state index is -1.07. The van der Waals surface area contributed by atoms with Crippen molar-refractivity contribution in [1.29, 1.82) is 0 Å². The van der Waals surface area contributed by atoms with Crippen LogP contribution in [0, 0.1) is 0 Å². The van der Waals surface area contributed by atoms with Crippen molar-refractivity contribution < 1.29 is 19.4 Å². The molecule has 1 atom stereocenters. The Balaban J connectivity index is 2.55. The molecule has 0 aliphatic carbocycles. The maximum absolute atomic E-state index is 11.3. The number of esters is 1. The van der Waals surface area contributed by atoms with Gasteiger partial charge < -0.3 is 9.84 Å². The van der Waals surface area contributed by atoms with Gasteiger partial charge in [-0.3, -0.25) is 10.1 Å². The highest BCUT2D eigenvalue weighted by Gasteiger charge is 2.13. The number of hydrogen-bond donors (Lipinski definition) is 2. The van der Waals surface area contributed by atoms with Crippen molar-refractivity contribution in [2.45, 2.75) is 26.4 Å². The molecule has 0 bridgehead atoms. The number of carbonyl (C=O) groups excluding carboxylic acids is 1. The molecular formula is C12H16N2O4. The molecule has 1 unspecified atom stereocenters. The number of carboxylic acids is 1. The standard InChI is InChI=1S/C12H16N2O4/c1-3-18-12(17)8(2)13-7-9-5-4-6-10(14-9)11(15)16/h4-6,8,13H,3,7H2,1-2H3,(H,15,16). The predicted octanol–water partition coefficient (Wildman–Crippen LogP) is 0.821. The number of aromatic carboxylic acids is 1. The number of carbonyl (C=O) groups is 2. The van der Waals surface area contributed by atoms with Gasteiger partial charge in [0, 0.05) is 6.54 Å². The van der Waals surface area contributed by atoms with Crippen molar-refractivity contribution in [3.8, 4) is 0 Å². The first-order chi connectivity index (χ1) is 8.54. The average Bonchev–Trinajstić information content (AvgIpc) is 2.36. The Morgan fingerprint density at radius 1 is 1.50 bits per heavy atom. The molecule has 98 valence electrons. The van der Waals surface area contributed by atoms with Crippen LogP contribution in [-0.4, -0.2) is 34.7 Å². The second kappa shape index (κ2) is 6.70. The Hall–Kier alpha value is -1.95. The highest BCUT2D eigenvalue weighted by atomic mass is 16.5. The van der Waals surface area contributed by atoms with Gasteiger partial charge in [0.25, 0.3) is 0 Å². The number of carboxylic acid groups (broad SMARTS) is 1. The summed E-state index contributed by atoms with van der Waals surface area (Å²) in [4.78, 5) is 26.0. The first-order valence-electron chi connectivity index (χ1n) is 5.63. The molecule has 0 amide bonds. The number of aromatic nitrogens is 1. The van der Waals surface area contributed by atoms with Gasteiger partial charge in [-0.1, -0.05) is 6.07 Å². The summed E-state index contributed by atoms with van der Waals surface area (Å²) in [6.07, 6.45) is 0. The molecule has 0 saturated carbocycles. The molecule has 0 aliphatic heterocycles. The van der Waals surface area contributed by atoms with Crippen LogP contribution in [0.2, 0.25) is 0 Å². The molecule has 0 saturated heterocycles. The van der Waals surface area contributed by atoms with Crippen molar-refractivity contribution >= 4 is 11.9 Å². The molecule has 6 nitrogen and oxygen atoms in total. The minimum absolute atomic E-state index is 0.0157. The number of ether oxygens (including phenoxy) is 1. The van der Waals surface area contributed by atoms with Gasteiger partial charge in [0.1, 0.15) is 11.7 Å². The van der Waals surface area contributed by atoms with Gasteiger partial charge >= 0.3 is 11.9 Å². The van der Waals surface area contributed by atoms with E-state index in [9.17, 15) is 9.59 Å². The quantitative estimate of drug-likeness (QED) is 0.729. The summed E-state index contributed by atoms with van der Waals surface area (Å²) < 4.78 is 4.84. The molecule has 2 N–H and O–H groups in total. The third-order valence-corrected chi connectivity index (χ3v) is 2.26. The molecule has 1 rings (SSSR count). The van der Waals surface area contributed by atoms with E-state index in [0.717, 1.165) is 0 Å². The van der Waals surface area contributed by atoms with E-state index in [-0.39, 0.29) is 11.7 Å². The fourth-order valence-corrected chi connectivity index (χ4v) is 1.31. The lowest BCUT2D eigenvalue weighted by Crippen LogP contribution is -2.35. The van der Waals surface area contributed by atoms with E-state index in [1.807, 2.05) is 0 Å². The zero-order valence-electron chi connectivity index (χ0n) is 10.3. The molecule has 0 fully saturated rings. The summed E-state index contributed by atoms with van der Waals surface area (Å²) in [5.41, 5.74) is 0.545. The second-order valence-electron chi connectivity index (χ2n) is 3.67. The normalized spacial score (nSPS) is 11.9. The SMILES string of the molecule is CCOC(=O)C(C)NCc1cccc(C(=O)O)n1. The smallest absolute Gasteiger partial charge is 0.354 e. The maximum Gasteiger partial charge on any atom is 0.354 e. The number of pyridine rings is 1. The molecule has 1 aromatic rings. The van der Waals surface area contributed by atoms with Crippen LogP contribution in [0.15, 0.2) is 18.2 Å². The highest BCUT2D eigenvalue weighted by molar-refractivity contribution is 5.85. The number of rotatable bonds is 6. The van der Waals surface area contributed by atoms with Crippen LogP contribution in [0.3, 0.4) is 0 Å². The van der Waals surface area contributed by atoms with Crippen molar-refractivity contribution in [1.82, 2.24) is 10.3 Å². The Labute approximate surface area is 105 Å². The summed E-state index contributed by atoms with van der Waals surface area (Å²) in [7, 11) is 0. The van der Waals surface area contributed by atoms with Crippen molar-refractivity contribution in [2.75, 3.05) is 6.61 Å². The van der Waals surface area contributed by atoms with Crippen molar-refractivity contribution in [3.63, 3.8) is 0 Å². The van der Waals surface area contributed by atoms with Gasteiger partial charge in [0.2, 0.25) is 0 Å². The Morgan fingerprint density at radius 2 is 2.22 bits per heavy atom. The minimum Gasteiger partial charge on any atom is -0.477 e. The van der Waals surface area contributed by atoms with Gasteiger partial charge in [-0.25, -0.2) is 9.78 Å². The lowest BCUT2D eigenvalue weighted by atomic mass is 10.2.